The van der Waals surface area contributed by atoms with Crippen molar-refractivity contribution in [2.75, 3.05) is 20.3 Å². The first kappa shape index (κ1) is 19.5. The van der Waals surface area contributed by atoms with Crippen LogP contribution in [0.1, 0.15) is 22.8 Å². The third-order valence-electron chi connectivity index (χ3n) is 4.58. The van der Waals surface area contributed by atoms with Gasteiger partial charge in [-0.3, -0.25) is 4.79 Å². The van der Waals surface area contributed by atoms with Gasteiger partial charge in [0.1, 0.15) is 5.75 Å². The molecule has 0 unspecified atom stereocenters. The maximum absolute atomic E-state index is 12.4. The average Bonchev–Trinajstić information content (AvgIpc) is 3.11. The molecule has 3 aromatic rings. The Morgan fingerprint density at radius 2 is 1.82 bits per heavy atom. The lowest BCUT2D eigenvalue weighted by atomic mass is 10.1. The van der Waals surface area contributed by atoms with Gasteiger partial charge in [0, 0.05) is 30.2 Å². The summed E-state index contributed by atoms with van der Waals surface area (Å²) in [6, 6.07) is 15.3. The number of carbonyl (C=O) groups is 2. The highest BCUT2D eigenvalue weighted by atomic mass is 16.5. The SMILES string of the molecule is CCn1cc(C(=O)OCC(=O)NCCc2ccc(OC)cc2)c2ccccc21. The number of methoxy groups -OCH3 is 1. The molecule has 28 heavy (non-hydrogen) atoms. The van der Waals surface area contributed by atoms with Crippen LogP contribution in [0.3, 0.4) is 0 Å². The van der Waals surface area contributed by atoms with Crippen LogP contribution in [0.15, 0.2) is 54.7 Å². The number of esters is 1. The lowest BCUT2D eigenvalue weighted by Gasteiger charge is -2.07. The number of fused-ring (bicyclic) bond motifs is 1. The largest absolute Gasteiger partial charge is 0.497 e. The molecule has 0 radical (unpaired) electrons. The van der Waals surface area contributed by atoms with Crippen LogP contribution in [0.25, 0.3) is 10.9 Å². The number of carbonyl (C=O) groups excluding carboxylic acids is 2. The molecule has 1 aromatic heterocycles. The quantitative estimate of drug-likeness (QED) is 0.610. The molecule has 146 valence electrons. The smallest absolute Gasteiger partial charge is 0.340 e. The van der Waals surface area contributed by atoms with Crippen LogP contribution in [0.4, 0.5) is 0 Å². The Morgan fingerprint density at radius 1 is 1.07 bits per heavy atom. The van der Waals surface area contributed by atoms with Crippen molar-refractivity contribution in [3.63, 3.8) is 0 Å². The Labute approximate surface area is 164 Å². The number of ether oxygens (including phenoxy) is 2. The van der Waals surface area contributed by atoms with Crippen molar-refractivity contribution in [3.8, 4) is 5.75 Å². The van der Waals surface area contributed by atoms with E-state index in [0.717, 1.165) is 28.8 Å². The fraction of sp³-hybridized carbons (Fsp3) is 0.273. The number of aryl methyl sites for hydroxylation is 1. The first-order chi connectivity index (χ1) is 13.6. The van der Waals surface area contributed by atoms with Gasteiger partial charge < -0.3 is 19.4 Å². The molecule has 0 spiro atoms. The van der Waals surface area contributed by atoms with E-state index in [1.807, 2.05) is 60.0 Å². The molecule has 1 N–H and O–H groups in total. The Bertz CT molecular complexity index is 960. The normalized spacial score (nSPS) is 10.6. The summed E-state index contributed by atoms with van der Waals surface area (Å²) in [6.07, 6.45) is 2.46. The molecule has 3 rings (SSSR count). The van der Waals surface area contributed by atoms with Gasteiger partial charge in [0.05, 0.1) is 12.7 Å². The zero-order chi connectivity index (χ0) is 19.9. The third-order valence-corrected chi connectivity index (χ3v) is 4.58. The number of benzene rings is 2. The van der Waals surface area contributed by atoms with E-state index in [1.165, 1.54) is 0 Å². The molecule has 0 aliphatic rings. The van der Waals surface area contributed by atoms with E-state index < -0.39 is 5.97 Å². The van der Waals surface area contributed by atoms with Crippen molar-refractivity contribution in [1.29, 1.82) is 0 Å². The van der Waals surface area contributed by atoms with Crippen molar-refractivity contribution in [2.45, 2.75) is 19.9 Å². The molecule has 1 amide bonds. The highest BCUT2D eigenvalue weighted by Gasteiger charge is 2.16. The maximum atomic E-state index is 12.4. The zero-order valence-electron chi connectivity index (χ0n) is 16.1. The lowest BCUT2D eigenvalue weighted by Crippen LogP contribution is -2.30. The second-order valence-corrected chi connectivity index (χ2v) is 6.37. The van der Waals surface area contributed by atoms with Gasteiger partial charge in [0.25, 0.3) is 5.91 Å². The van der Waals surface area contributed by atoms with Crippen LogP contribution < -0.4 is 10.1 Å². The summed E-state index contributed by atoms with van der Waals surface area (Å²) >= 11 is 0. The van der Waals surface area contributed by atoms with Crippen LogP contribution in [-0.4, -0.2) is 36.7 Å². The minimum Gasteiger partial charge on any atom is -0.497 e. The Balaban J connectivity index is 1.49. The number of rotatable bonds is 8. The molecule has 1 heterocycles. The Morgan fingerprint density at radius 3 is 2.54 bits per heavy atom. The number of nitrogens with zero attached hydrogens (tertiary/aromatic N) is 1. The van der Waals surface area contributed by atoms with Gasteiger partial charge in [-0.2, -0.15) is 0 Å². The summed E-state index contributed by atoms with van der Waals surface area (Å²) in [5, 5.41) is 3.60. The standard InChI is InChI=1S/C22H24N2O4/c1-3-24-14-19(18-6-4-5-7-20(18)24)22(26)28-15-21(25)23-13-12-16-8-10-17(27-2)11-9-16/h4-11,14H,3,12-13,15H2,1-2H3,(H,23,25). The molecule has 6 heteroatoms. The molecule has 2 aromatic carbocycles. The lowest BCUT2D eigenvalue weighted by molar-refractivity contribution is -0.124. The van der Waals surface area contributed by atoms with Crippen LogP contribution in [0.2, 0.25) is 0 Å². The summed E-state index contributed by atoms with van der Waals surface area (Å²) < 4.78 is 12.3. The minimum absolute atomic E-state index is 0.299. The molecule has 0 aliphatic carbocycles. The van der Waals surface area contributed by atoms with Crippen molar-refractivity contribution < 1.29 is 19.1 Å². The molecule has 0 saturated heterocycles. The topological polar surface area (TPSA) is 69.6 Å². The Hall–Kier alpha value is -3.28. The third kappa shape index (κ3) is 4.52. The molecule has 0 fully saturated rings. The van der Waals surface area contributed by atoms with E-state index in [4.69, 9.17) is 9.47 Å². The number of amides is 1. The van der Waals surface area contributed by atoms with E-state index in [-0.39, 0.29) is 12.5 Å². The second-order valence-electron chi connectivity index (χ2n) is 6.37. The van der Waals surface area contributed by atoms with Gasteiger partial charge in [-0.25, -0.2) is 4.79 Å². The van der Waals surface area contributed by atoms with Crippen LogP contribution >= 0.6 is 0 Å². The molecule has 0 saturated carbocycles. The minimum atomic E-state index is -0.492. The number of hydrogen-bond donors (Lipinski definition) is 1. The van der Waals surface area contributed by atoms with Gasteiger partial charge in [0.2, 0.25) is 0 Å². The van der Waals surface area contributed by atoms with Gasteiger partial charge >= 0.3 is 5.97 Å². The van der Waals surface area contributed by atoms with Gasteiger partial charge in [-0.15, -0.1) is 0 Å². The van der Waals surface area contributed by atoms with Crippen LogP contribution in [-0.2, 0) is 22.5 Å². The molecule has 0 atom stereocenters. The van der Waals surface area contributed by atoms with Crippen molar-refractivity contribution in [3.05, 3.63) is 65.9 Å². The molecule has 6 nitrogen and oxygen atoms in total. The predicted molar refractivity (Wildman–Crippen MR) is 108 cm³/mol. The first-order valence-electron chi connectivity index (χ1n) is 9.27. The molecular weight excluding hydrogens is 356 g/mol. The summed E-state index contributed by atoms with van der Waals surface area (Å²) in [6.45, 7) is 2.93. The zero-order valence-corrected chi connectivity index (χ0v) is 16.1. The summed E-state index contributed by atoms with van der Waals surface area (Å²) in [5.41, 5.74) is 2.54. The number of para-hydroxylation sites is 1. The highest BCUT2D eigenvalue weighted by molar-refractivity contribution is 6.04. The van der Waals surface area contributed by atoms with E-state index in [2.05, 4.69) is 5.32 Å². The summed E-state index contributed by atoms with van der Waals surface area (Å²) in [4.78, 5) is 24.4. The maximum Gasteiger partial charge on any atom is 0.340 e. The van der Waals surface area contributed by atoms with Gasteiger partial charge in [-0.1, -0.05) is 30.3 Å². The van der Waals surface area contributed by atoms with E-state index in [9.17, 15) is 9.59 Å². The van der Waals surface area contributed by atoms with Crippen molar-refractivity contribution in [2.24, 2.45) is 0 Å². The number of hydrogen-bond acceptors (Lipinski definition) is 4. The first-order valence-corrected chi connectivity index (χ1v) is 9.27. The summed E-state index contributed by atoms with van der Waals surface area (Å²) in [5.74, 6) is -0.0149. The predicted octanol–water partition coefficient (Wildman–Crippen LogP) is 3.19. The summed E-state index contributed by atoms with van der Waals surface area (Å²) in [7, 11) is 1.62. The highest BCUT2D eigenvalue weighted by Crippen LogP contribution is 2.22. The van der Waals surface area contributed by atoms with Crippen LogP contribution in [0, 0.1) is 0 Å². The fourth-order valence-corrected chi connectivity index (χ4v) is 3.07. The fourth-order valence-electron chi connectivity index (χ4n) is 3.07. The number of aromatic nitrogens is 1. The van der Waals surface area contributed by atoms with E-state index in [0.29, 0.717) is 18.5 Å². The monoisotopic (exact) mass is 380 g/mol. The molecular formula is C22H24N2O4. The van der Waals surface area contributed by atoms with Crippen molar-refractivity contribution >= 4 is 22.8 Å². The number of nitrogens with one attached hydrogen (secondary N) is 1. The second kappa shape index (κ2) is 9.08. The molecule has 0 aliphatic heterocycles. The van der Waals surface area contributed by atoms with E-state index >= 15 is 0 Å². The van der Waals surface area contributed by atoms with Crippen molar-refractivity contribution in [1.82, 2.24) is 9.88 Å². The molecule has 0 bridgehead atoms. The van der Waals surface area contributed by atoms with Crippen LogP contribution in [0.5, 0.6) is 5.75 Å². The van der Waals surface area contributed by atoms with Gasteiger partial charge in [-0.05, 0) is 37.1 Å². The van der Waals surface area contributed by atoms with E-state index in [1.54, 1.807) is 13.3 Å². The van der Waals surface area contributed by atoms with Gasteiger partial charge in [0.15, 0.2) is 6.61 Å². The Kier molecular flexibility index (Phi) is 6.32. The average molecular weight is 380 g/mol.